The quantitative estimate of drug-likeness (QED) is 0.558. The van der Waals surface area contributed by atoms with Gasteiger partial charge >= 0.3 is 0 Å². The summed E-state index contributed by atoms with van der Waals surface area (Å²) in [6.07, 6.45) is 4.40. The lowest BCUT2D eigenvalue weighted by molar-refractivity contribution is 0.297. The van der Waals surface area contributed by atoms with E-state index in [9.17, 15) is 0 Å². The van der Waals surface area contributed by atoms with E-state index < -0.39 is 0 Å². The van der Waals surface area contributed by atoms with E-state index in [0.29, 0.717) is 19.0 Å². The minimum Gasteiger partial charge on any atom is -0.490 e. The standard InChI is InChI=1S/C23H20N4O2/c1-24-23-18-12-15(16-6-8-20-21(13-16)29-11-3-10-28-20)5-7-19(18)26-22(27-23)17-4-2-9-25-14-17/h2,4-9,12-14H,3,10-11H2,1H3,(H,24,26,27). The van der Waals surface area contributed by atoms with Crippen molar-refractivity contribution in [1.29, 1.82) is 0 Å². The van der Waals surface area contributed by atoms with Gasteiger partial charge in [-0.25, -0.2) is 9.97 Å². The Kier molecular flexibility index (Phi) is 4.44. The zero-order valence-corrected chi connectivity index (χ0v) is 16.1. The van der Waals surface area contributed by atoms with Crippen molar-refractivity contribution in [2.75, 3.05) is 25.6 Å². The Morgan fingerprint density at radius 3 is 2.52 bits per heavy atom. The highest BCUT2D eigenvalue weighted by molar-refractivity contribution is 5.94. The van der Waals surface area contributed by atoms with Crippen LogP contribution in [0, 0.1) is 0 Å². The van der Waals surface area contributed by atoms with E-state index in [1.54, 1.807) is 12.4 Å². The second kappa shape index (κ2) is 7.39. The summed E-state index contributed by atoms with van der Waals surface area (Å²) >= 11 is 0. The van der Waals surface area contributed by atoms with Crippen molar-refractivity contribution in [3.8, 4) is 34.0 Å². The lowest BCUT2D eigenvalue weighted by Gasteiger charge is -2.12. The van der Waals surface area contributed by atoms with E-state index in [1.165, 1.54) is 0 Å². The number of anilines is 1. The molecule has 2 aromatic heterocycles. The number of nitrogens with one attached hydrogen (secondary N) is 1. The fourth-order valence-electron chi connectivity index (χ4n) is 3.47. The molecule has 0 atom stereocenters. The molecule has 3 heterocycles. The largest absolute Gasteiger partial charge is 0.490 e. The van der Waals surface area contributed by atoms with Crippen molar-refractivity contribution in [3.63, 3.8) is 0 Å². The zero-order valence-electron chi connectivity index (χ0n) is 16.1. The fraction of sp³-hybridized carbons (Fsp3) is 0.174. The number of hydrogen-bond acceptors (Lipinski definition) is 6. The Balaban J connectivity index is 1.59. The zero-order chi connectivity index (χ0) is 19.6. The highest BCUT2D eigenvalue weighted by Gasteiger charge is 2.13. The minimum absolute atomic E-state index is 0.651. The smallest absolute Gasteiger partial charge is 0.163 e. The maximum Gasteiger partial charge on any atom is 0.163 e. The number of benzene rings is 2. The van der Waals surface area contributed by atoms with Crippen molar-refractivity contribution < 1.29 is 9.47 Å². The fourth-order valence-corrected chi connectivity index (χ4v) is 3.47. The number of aromatic nitrogens is 3. The first-order chi connectivity index (χ1) is 14.3. The maximum atomic E-state index is 5.84. The molecule has 29 heavy (non-hydrogen) atoms. The Bertz CT molecular complexity index is 1180. The molecule has 1 aliphatic rings. The summed E-state index contributed by atoms with van der Waals surface area (Å²) in [4.78, 5) is 13.6. The molecule has 0 saturated carbocycles. The summed E-state index contributed by atoms with van der Waals surface area (Å²) in [5.74, 6) is 3.02. The number of pyridine rings is 1. The molecule has 0 bridgehead atoms. The first-order valence-corrected chi connectivity index (χ1v) is 9.62. The third-order valence-corrected chi connectivity index (χ3v) is 4.93. The monoisotopic (exact) mass is 384 g/mol. The summed E-state index contributed by atoms with van der Waals surface area (Å²) in [5.41, 5.74) is 3.90. The van der Waals surface area contributed by atoms with Gasteiger partial charge in [0.2, 0.25) is 0 Å². The van der Waals surface area contributed by atoms with Gasteiger partial charge in [-0.05, 0) is 47.5 Å². The van der Waals surface area contributed by atoms with Crippen LogP contribution in [0.3, 0.4) is 0 Å². The van der Waals surface area contributed by atoms with Gasteiger partial charge in [-0.3, -0.25) is 4.98 Å². The molecule has 0 aliphatic carbocycles. The first-order valence-electron chi connectivity index (χ1n) is 9.62. The average Bonchev–Trinajstić information content (AvgIpc) is 3.03. The molecule has 144 valence electrons. The van der Waals surface area contributed by atoms with Crippen LogP contribution in [0.4, 0.5) is 5.82 Å². The highest BCUT2D eigenvalue weighted by Crippen LogP contribution is 2.36. The number of rotatable bonds is 3. The Labute approximate surface area is 168 Å². The van der Waals surface area contributed by atoms with Gasteiger partial charge in [0, 0.05) is 36.8 Å². The van der Waals surface area contributed by atoms with Crippen LogP contribution in [0.5, 0.6) is 11.5 Å². The maximum absolute atomic E-state index is 5.84. The summed E-state index contributed by atoms with van der Waals surface area (Å²) in [6.45, 7) is 1.35. The second-order valence-electron chi connectivity index (χ2n) is 6.83. The van der Waals surface area contributed by atoms with Gasteiger partial charge in [0.15, 0.2) is 17.3 Å². The SMILES string of the molecule is CNc1nc(-c2cccnc2)nc2ccc(-c3ccc4c(c3)OCCCO4)cc12. The summed E-state index contributed by atoms with van der Waals surface area (Å²) < 4.78 is 11.6. The minimum atomic E-state index is 0.651. The predicted octanol–water partition coefficient (Wildman–Crippen LogP) is 4.56. The Hall–Kier alpha value is -3.67. The van der Waals surface area contributed by atoms with Gasteiger partial charge in [-0.1, -0.05) is 12.1 Å². The molecule has 1 N–H and O–H groups in total. The van der Waals surface area contributed by atoms with Crippen LogP contribution in [0.1, 0.15) is 6.42 Å². The Morgan fingerprint density at radius 2 is 1.69 bits per heavy atom. The second-order valence-corrected chi connectivity index (χ2v) is 6.83. The molecule has 0 amide bonds. The van der Waals surface area contributed by atoms with Crippen LogP contribution in [-0.2, 0) is 0 Å². The van der Waals surface area contributed by atoms with E-state index in [4.69, 9.17) is 19.4 Å². The van der Waals surface area contributed by atoms with Crippen LogP contribution in [0.25, 0.3) is 33.4 Å². The molecule has 1 aliphatic heterocycles. The van der Waals surface area contributed by atoms with Crippen molar-refractivity contribution in [3.05, 3.63) is 60.9 Å². The van der Waals surface area contributed by atoms with E-state index in [1.807, 2.05) is 37.4 Å². The van der Waals surface area contributed by atoms with E-state index in [0.717, 1.165) is 51.3 Å². The Morgan fingerprint density at radius 1 is 0.862 bits per heavy atom. The summed E-state index contributed by atoms with van der Waals surface area (Å²) in [7, 11) is 1.87. The molecule has 4 aromatic rings. The van der Waals surface area contributed by atoms with Gasteiger partial charge < -0.3 is 14.8 Å². The van der Waals surface area contributed by atoms with Gasteiger partial charge in [-0.2, -0.15) is 0 Å². The van der Waals surface area contributed by atoms with Crippen LogP contribution in [0.15, 0.2) is 60.9 Å². The van der Waals surface area contributed by atoms with Gasteiger partial charge in [0.1, 0.15) is 5.82 Å². The third kappa shape index (κ3) is 3.33. The van der Waals surface area contributed by atoms with Crippen molar-refractivity contribution >= 4 is 16.7 Å². The molecule has 0 radical (unpaired) electrons. The molecule has 0 spiro atoms. The predicted molar refractivity (Wildman–Crippen MR) is 113 cm³/mol. The van der Waals surface area contributed by atoms with Crippen LogP contribution in [0.2, 0.25) is 0 Å². The van der Waals surface area contributed by atoms with Crippen LogP contribution < -0.4 is 14.8 Å². The number of nitrogens with zero attached hydrogens (tertiary/aromatic N) is 3. The lowest BCUT2D eigenvalue weighted by Crippen LogP contribution is -1.99. The lowest BCUT2D eigenvalue weighted by atomic mass is 10.0. The van der Waals surface area contributed by atoms with E-state index in [2.05, 4.69) is 28.5 Å². The number of ether oxygens (including phenoxy) is 2. The van der Waals surface area contributed by atoms with Crippen LogP contribution >= 0.6 is 0 Å². The van der Waals surface area contributed by atoms with E-state index in [-0.39, 0.29) is 0 Å². The molecule has 0 unspecified atom stereocenters. The molecule has 6 heteroatoms. The molecule has 0 fully saturated rings. The average molecular weight is 384 g/mol. The molecule has 5 rings (SSSR count). The number of fused-ring (bicyclic) bond motifs is 2. The molecule has 2 aromatic carbocycles. The third-order valence-electron chi connectivity index (χ3n) is 4.93. The van der Waals surface area contributed by atoms with E-state index >= 15 is 0 Å². The van der Waals surface area contributed by atoms with Crippen molar-refractivity contribution in [2.24, 2.45) is 0 Å². The topological polar surface area (TPSA) is 69.2 Å². The number of hydrogen-bond donors (Lipinski definition) is 1. The van der Waals surface area contributed by atoms with Crippen molar-refractivity contribution in [1.82, 2.24) is 15.0 Å². The van der Waals surface area contributed by atoms with Gasteiger partial charge in [0.25, 0.3) is 0 Å². The molecule has 6 nitrogen and oxygen atoms in total. The molecular weight excluding hydrogens is 364 g/mol. The normalized spacial score (nSPS) is 13.1. The summed E-state index contributed by atoms with van der Waals surface area (Å²) in [5, 5.41) is 4.16. The van der Waals surface area contributed by atoms with Gasteiger partial charge in [0.05, 0.1) is 18.7 Å². The summed E-state index contributed by atoms with van der Waals surface area (Å²) in [6, 6.07) is 16.1. The molecular formula is C23H20N4O2. The van der Waals surface area contributed by atoms with Crippen molar-refractivity contribution in [2.45, 2.75) is 6.42 Å². The first kappa shape index (κ1) is 17.4. The van der Waals surface area contributed by atoms with Gasteiger partial charge in [-0.15, -0.1) is 0 Å². The highest BCUT2D eigenvalue weighted by atomic mass is 16.5. The molecule has 0 saturated heterocycles. The van der Waals surface area contributed by atoms with Crippen LogP contribution in [-0.4, -0.2) is 35.2 Å².